The van der Waals surface area contributed by atoms with E-state index >= 15 is 0 Å². The van der Waals surface area contributed by atoms with Gasteiger partial charge in [0.25, 0.3) is 0 Å². The lowest BCUT2D eigenvalue weighted by Gasteiger charge is -2.17. The number of aromatic nitrogens is 1. The number of ketones is 7. The summed E-state index contributed by atoms with van der Waals surface area (Å²) in [6, 6.07) is 33.0. The van der Waals surface area contributed by atoms with Gasteiger partial charge in [0, 0.05) is 83.9 Å². The minimum Gasteiger partial charge on any atom is -0.486 e. The van der Waals surface area contributed by atoms with Crippen molar-refractivity contribution in [3.63, 3.8) is 0 Å². The van der Waals surface area contributed by atoms with E-state index in [2.05, 4.69) is 68.1 Å². The average Bonchev–Trinajstić information content (AvgIpc) is 0.952. The predicted molar refractivity (Wildman–Crippen MR) is 393 cm³/mol. The molecule has 0 saturated carbocycles. The van der Waals surface area contributed by atoms with E-state index < -0.39 is 11.9 Å². The molecule has 540 valence electrons. The number of ether oxygens (including phenoxy) is 5. The molecule has 0 aliphatic heterocycles. The number of alkyl halides is 2. The highest BCUT2D eigenvalue weighted by atomic mass is 32.2. The molecule has 1 aromatic heterocycles. The van der Waals surface area contributed by atoms with Gasteiger partial charge >= 0.3 is 6.11 Å². The summed E-state index contributed by atoms with van der Waals surface area (Å²) in [6.07, 6.45) is 10.9. The number of pyridine rings is 1. The Bertz CT molecular complexity index is 2450. The minimum absolute atomic E-state index is 0.00962. The molecule has 17 heteroatoms. The predicted octanol–water partition coefficient (Wildman–Crippen LogP) is 19.0. The Morgan fingerprint density at radius 3 is 1.29 bits per heavy atom. The van der Waals surface area contributed by atoms with Crippen molar-refractivity contribution in [2.75, 3.05) is 64.7 Å². The van der Waals surface area contributed by atoms with Crippen molar-refractivity contribution in [2.24, 2.45) is 47.3 Å². The second-order valence-electron chi connectivity index (χ2n) is 26.3. The SMILES string of the molecule is CC(C)CC(=O)C(F)(F)Oc1ccccc1.CC(C)CC(=O)COCc1ccccc1.CC(C)CC(=O)COc1ccccc1.CC(C)CCCc1ccccn1.COCC(=O)CC(C)C.COCCC(=O)CC(C)C.CSCC(=O)CC(C)C.CSCCC(=O)CC(C)C. The van der Waals surface area contributed by atoms with Gasteiger partial charge in [0.2, 0.25) is 5.78 Å². The molecule has 0 spiro atoms. The molecule has 0 unspecified atom stereocenters. The van der Waals surface area contributed by atoms with Crippen molar-refractivity contribution in [1.82, 2.24) is 4.98 Å². The van der Waals surface area contributed by atoms with E-state index in [1.165, 1.54) is 37.8 Å². The minimum atomic E-state index is -3.74. The highest BCUT2D eigenvalue weighted by Crippen LogP contribution is 2.25. The molecule has 0 saturated heterocycles. The maximum absolute atomic E-state index is 13.3. The molecule has 3 aromatic carbocycles. The van der Waals surface area contributed by atoms with Crippen molar-refractivity contribution in [3.05, 3.63) is 127 Å². The van der Waals surface area contributed by atoms with E-state index in [1.54, 1.807) is 62.7 Å². The molecule has 0 aliphatic carbocycles. The number of para-hydroxylation sites is 2. The van der Waals surface area contributed by atoms with E-state index in [1.807, 2.05) is 141 Å². The van der Waals surface area contributed by atoms with Gasteiger partial charge in [-0.25, -0.2) is 0 Å². The van der Waals surface area contributed by atoms with Gasteiger partial charge < -0.3 is 23.7 Å². The van der Waals surface area contributed by atoms with E-state index in [9.17, 15) is 42.3 Å². The topological polar surface area (TPSA) is 179 Å². The monoisotopic (exact) mass is 1370 g/mol. The average molecular weight is 1370 g/mol. The summed E-state index contributed by atoms with van der Waals surface area (Å²) in [5.74, 6) is 6.31. The molecule has 0 N–H and O–H groups in total. The summed E-state index contributed by atoms with van der Waals surface area (Å²) in [4.78, 5) is 81.6. The zero-order valence-corrected chi connectivity index (χ0v) is 63.6. The number of aryl methyl sites for hydroxylation is 1. The summed E-state index contributed by atoms with van der Waals surface area (Å²) in [5.41, 5.74) is 2.33. The molecule has 0 bridgehead atoms. The second kappa shape index (κ2) is 63.3. The van der Waals surface area contributed by atoms with Gasteiger partial charge in [-0.2, -0.15) is 32.3 Å². The molecule has 4 aromatic rings. The fraction of sp³-hybridized carbons (Fsp3) is 0.615. The smallest absolute Gasteiger partial charge is 0.461 e. The number of benzene rings is 3. The van der Waals surface area contributed by atoms with Crippen molar-refractivity contribution in [3.8, 4) is 11.5 Å². The fourth-order valence-corrected chi connectivity index (χ4v) is 8.76. The van der Waals surface area contributed by atoms with E-state index in [0.29, 0.717) is 104 Å². The summed E-state index contributed by atoms with van der Waals surface area (Å²) in [5, 5.41) is 0. The van der Waals surface area contributed by atoms with Gasteiger partial charge in [-0.15, -0.1) is 0 Å². The zero-order valence-electron chi connectivity index (χ0n) is 61.9. The lowest BCUT2D eigenvalue weighted by Crippen LogP contribution is -2.35. The van der Waals surface area contributed by atoms with Crippen LogP contribution in [-0.4, -0.2) is 116 Å². The van der Waals surface area contributed by atoms with Crippen molar-refractivity contribution >= 4 is 64.0 Å². The van der Waals surface area contributed by atoms with E-state index in [0.717, 1.165) is 48.7 Å². The third-order valence-corrected chi connectivity index (χ3v) is 13.2. The van der Waals surface area contributed by atoms with Gasteiger partial charge in [0.1, 0.15) is 48.7 Å². The molecular weight excluding hydrogens is 1240 g/mol. The number of rotatable bonds is 38. The number of carbonyl (C=O) groups is 7. The highest BCUT2D eigenvalue weighted by molar-refractivity contribution is 7.99. The molecular formula is C78H125F2NO12S2. The van der Waals surface area contributed by atoms with Crippen molar-refractivity contribution in [2.45, 2.75) is 201 Å². The molecule has 13 nitrogen and oxygen atoms in total. The van der Waals surface area contributed by atoms with Gasteiger partial charge in [-0.05, 0) is 120 Å². The van der Waals surface area contributed by atoms with Crippen molar-refractivity contribution < 1.29 is 66.0 Å². The number of halogens is 2. The first kappa shape index (κ1) is 95.9. The second-order valence-corrected chi connectivity index (χ2v) is 28.2. The Morgan fingerprint density at radius 2 is 0.874 bits per heavy atom. The first-order chi connectivity index (χ1) is 44.7. The third-order valence-electron chi connectivity index (χ3n) is 12.0. The molecule has 0 radical (unpaired) electrons. The van der Waals surface area contributed by atoms with Crippen LogP contribution >= 0.6 is 23.5 Å². The van der Waals surface area contributed by atoms with E-state index in [-0.39, 0.29) is 55.3 Å². The van der Waals surface area contributed by atoms with Gasteiger partial charge in [0.05, 0.1) is 19.0 Å². The van der Waals surface area contributed by atoms with Crippen LogP contribution < -0.4 is 9.47 Å². The molecule has 4 rings (SSSR count). The number of thioether (sulfide) groups is 2. The molecule has 1 heterocycles. The highest BCUT2D eigenvalue weighted by Gasteiger charge is 2.41. The molecule has 0 aliphatic rings. The number of carbonyl (C=O) groups excluding carboxylic acids is 7. The molecule has 0 amide bonds. The third kappa shape index (κ3) is 71.1. The van der Waals surface area contributed by atoms with Crippen LogP contribution in [0, 0.1) is 47.3 Å². The molecule has 0 atom stereocenters. The Kier molecular flexibility index (Phi) is 63.9. The lowest BCUT2D eigenvalue weighted by atomic mass is 10.1. The van der Waals surface area contributed by atoms with Crippen LogP contribution in [0.15, 0.2) is 115 Å². The van der Waals surface area contributed by atoms with Crippen LogP contribution in [0.5, 0.6) is 11.5 Å². The number of nitrogens with zero attached hydrogens (tertiary/aromatic N) is 1. The van der Waals surface area contributed by atoms with Gasteiger partial charge in [-0.1, -0.05) is 190 Å². The summed E-state index contributed by atoms with van der Waals surface area (Å²) in [6.45, 7) is 34.2. The maximum atomic E-state index is 13.3. The molecule has 0 fully saturated rings. The van der Waals surface area contributed by atoms with Crippen LogP contribution in [0.3, 0.4) is 0 Å². The van der Waals surface area contributed by atoms with Crippen molar-refractivity contribution in [1.29, 1.82) is 0 Å². The van der Waals surface area contributed by atoms with Gasteiger partial charge in [-0.3, -0.25) is 38.5 Å². The summed E-state index contributed by atoms with van der Waals surface area (Å²) >= 11 is 3.34. The first-order valence-corrected chi connectivity index (χ1v) is 36.4. The lowest BCUT2D eigenvalue weighted by molar-refractivity contribution is -0.191. The van der Waals surface area contributed by atoms with Crippen LogP contribution in [0.4, 0.5) is 8.78 Å². The Balaban J connectivity index is -0.000000503. The standard InChI is InChI=1S/C13H18O2.C12H14F2O2.C12H16O2.C11H17N.C8H16O2.C8H16OS.C7H14O2.C7H14OS/c1-11(2)8-13(14)10-15-9-12-6-4-3-5-7-12;1-9(2)8-11(15)12(13,14)16-10-6-4-3-5-7-10;1-10(2)8-11(13)9-14-12-6-4-3-5-7-12;1-10(2)6-5-8-11-7-3-4-9-12-11;2*1-7(2)6-8(9)4-5-10-3;2*1-6(2)4-7(8)5-9-3/h3-7,11H,8-10H2,1-2H3;3-7,9H,8H2,1-2H3;3-7,10H,8-9H2,1-2H3;3-4,7,9-10H,5-6,8H2,1-2H3;2*7H,4-6H2,1-3H3;2*6H,4-5H2,1-3H3. The van der Waals surface area contributed by atoms with E-state index in [4.69, 9.17) is 14.2 Å². The van der Waals surface area contributed by atoms with Crippen LogP contribution in [0.2, 0.25) is 0 Å². The zero-order chi connectivity index (χ0) is 73.0. The van der Waals surface area contributed by atoms with Crippen LogP contribution in [0.1, 0.15) is 193 Å². The summed E-state index contributed by atoms with van der Waals surface area (Å²) < 4.78 is 51.0. The van der Waals surface area contributed by atoms with Gasteiger partial charge in [0.15, 0.2) is 17.3 Å². The number of methoxy groups -OCH3 is 2. The normalized spacial score (nSPS) is 10.6. The Hall–Kier alpha value is -5.46. The largest absolute Gasteiger partial charge is 0.486 e. The Morgan fingerprint density at radius 1 is 0.453 bits per heavy atom. The number of hydrogen-bond donors (Lipinski definition) is 0. The van der Waals surface area contributed by atoms with Crippen LogP contribution in [0.25, 0.3) is 0 Å². The fourth-order valence-electron chi connectivity index (χ4n) is 7.88. The molecule has 95 heavy (non-hydrogen) atoms. The van der Waals surface area contributed by atoms with Crippen LogP contribution in [-0.2, 0) is 60.8 Å². The maximum Gasteiger partial charge on any atom is 0.461 e. The Labute approximate surface area is 582 Å². The summed E-state index contributed by atoms with van der Waals surface area (Å²) in [7, 11) is 3.15. The number of Topliss-reactive ketones (excluding diaryl/α,β-unsaturated/α-hetero) is 7. The number of hydrogen-bond acceptors (Lipinski definition) is 15. The quantitative estimate of drug-likeness (QED) is 0.0413. The first-order valence-electron chi connectivity index (χ1n) is 33.6.